The van der Waals surface area contributed by atoms with Gasteiger partial charge < -0.3 is 10.5 Å². The molecule has 0 unspecified atom stereocenters. The number of para-hydroxylation sites is 1. The van der Waals surface area contributed by atoms with Gasteiger partial charge in [0.15, 0.2) is 5.82 Å². The normalized spacial score (nSPS) is 10.9. The highest BCUT2D eigenvalue weighted by Gasteiger charge is 2.15. The zero-order valence-corrected chi connectivity index (χ0v) is 13.9. The van der Waals surface area contributed by atoms with Gasteiger partial charge in [0.05, 0.1) is 5.52 Å². The zero-order valence-electron chi connectivity index (χ0n) is 12.3. The summed E-state index contributed by atoms with van der Waals surface area (Å²) < 4.78 is 8.29. The van der Waals surface area contributed by atoms with Gasteiger partial charge in [-0.25, -0.2) is 4.98 Å². The van der Waals surface area contributed by atoms with Gasteiger partial charge >= 0.3 is 0 Å². The van der Waals surface area contributed by atoms with E-state index in [1.165, 1.54) is 6.33 Å². The smallest absolute Gasteiger partial charge is 0.248 e. The maximum absolute atomic E-state index is 6.20. The van der Waals surface area contributed by atoms with Crippen LogP contribution in [0.15, 0.2) is 59.3 Å². The summed E-state index contributed by atoms with van der Waals surface area (Å²) in [7, 11) is 0. The maximum atomic E-state index is 6.20. The molecule has 24 heavy (non-hydrogen) atoms. The number of nitrogen functional groups attached to an aromatic ring is 1. The van der Waals surface area contributed by atoms with Gasteiger partial charge in [0.25, 0.3) is 0 Å². The van der Waals surface area contributed by atoms with E-state index in [-0.39, 0.29) is 11.6 Å². The van der Waals surface area contributed by atoms with Crippen LogP contribution in [0, 0.1) is 0 Å². The minimum atomic E-state index is 0.266. The fourth-order valence-corrected chi connectivity index (χ4v) is 2.52. The van der Waals surface area contributed by atoms with Crippen molar-refractivity contribution in [1.29, 1.82) is 0 Å². The average Bonchev–Trinajstić information content (AvgIpc) is 3.03. The molecule has 0 aliphatic carbocycles. The van der Waals surface area contributed by atoms with Gasteiger partial charge in [-0.3, -0.25) is 0 Å². The monoisotopic (exact) mass is 382 g/mol. The van der Waals surface area contributed by atoms with E-state index in [4.69, 9.17) is 10.5 Å². The summed E-state index contributed by atoms with van der Waals surface area (Å²) in [6.45, 7) is 0. The van der Waals surface area contributed by atoms with E-state index in [0.29, 0.717) is 11.6 Å². The Labute approximate surface area is 145 Å². The van der Waals surface area contributed by atoms with E-state index < -0.39 is 0 Å². The number of hydrogen-bond donors (Lipinski definition) is 1. The lowest BCUT2D eigenvalue weighted by Gasteiger charge is -2.10. The van der Waals surface area contributed by atoms with Crippen LogP contribution in [-0.2, 0) is 0 Å². The second-order valence-corrected chi connectivity index (χ2v) is 5.88. The Morgan fingerprint density at radius 3 is 2.62 bits per heavy atom. The van der Waals surface area contributed by atoms with Gasteiger partial charge in [-0.15, -0.1) is 5.10 Å². The third-order valence-electron chi connectivity index (χ3n) is 3.41. The molecule has 2 N–H and O–H groups in total. The molecular weight excluding hydrogens is 372 g/mol. The van der Waals surface area contributed by atoms with E-state index in [1.807, 2.05) is 48.5 Å². The van der Waals surface area contributed by atoms with E-state index in [1.54, 1.807) is 4.68 Å². The Morgan fingerprint density at radius 1 is 1.00 bits per heavy atom. The highest BCUT2D eigenvalue weighted by atomic mass is 79.9. The first-order valence-corrected chi connectivity index (χ1v) is 7.86. The van der Waals surface area contributed by atoms with Crippen LogP contribution in [-0.4, -0.2) is 25.0 Å². The Bertz CT molecular complexity index is 1010. The van der Waals surface area contributed by atoms with Crippen molar-refractivity contribution in [2.24, 2.45) is 0 Å². The average molecular weight is 383 g/mol. The van der Waals surface area contributed by atoms with E-state index >= 15 is 0 Å². The van der Waals surface area contributed by atoms with Gasteiger partial charge in [-0.05, 0) is 36.4 Å². The molecule has 2 aromatic heterocycles. The van der Waals surface area contributed by atoms with E-state index in [9.17, 15) is 0 Å². The maximum Gasteiger partial charge on any atom is 0.248 e. The van der Waals surface area contributed by atoms with Crippen LogP contribution in [0.3, 0.4) is 0 Å². The topological polar surface area (TPSA) is 91.7 Å². The number of fused-ring (bicyclic) bond motifs is 1. The molecule has 0 aliphatic rings. The molecule has 0 saturated heterocycles. The van der Waals surface area contributed by atoms with Gasteiger partial charge in [0, 0.05) is 4.47 Å². The van der Waals surface area contributed by atoms with Gasteiger partial charge in [-0.1, -0.05) is 33.3 Å². The summed E-state index contributed by atoms with van der Waals surface area (Å²) in [5.41, 5.74) is 8.04. The molecule has 8 heteroatoms. The molecule has 2 aromatic carbocycles. The van der Waals surface area contributed by atoms with Crippen molar-refractivity contribution in [2.75, 3.05) is 5.73 Å². The van der Waals surface area contributed by atoms with Crippen molar-refractivity contribution < 1.29 is 4.74 Å². The van der Waals surface area contributed by atoms with Crippen molar-refractivity contribution in [3.63, 3.8) is 0 Å². The molecule has 7 nitrogen and oxygen atoms in total. The minimum absolute atomic E-state index is 0.266. The molecule has 4 aromatic rings. The van der Waals surface area contributed by atoms with E-state index in [0.717, 1.165) is 15.5 Å². The first-order valence-electron chi connectivity index (χ1n) is 7.07. The number of anilines is 1. The Balaban J connectivity index is 1.77. The number of benzene rings is 2. The SMILES string of the molecule is Nc1c(Oc2ccc(Br)cc2)ncnc1-n1nnc2ccccc21. The molecular formula is C16H11BrN6O. The molecule has 0 fully saturated rings. The summed E-state index contributed by atoms with van der Waals surface area (Å²) >= 11 is 3.38. The molecule has 0 bridgehead atoms. The molecule has 2 heterocycles. The third kappa shape index (κ3) is 2.56. The van der Waals surface area contributed by atoms with Crippen LogP contribution >= 0.6 is 15.9 Å². The first-order chi connectivity index (χ1) is 11.7. The number of hydrogen-bond acceptors (Lipinski definition) is 6. The highest BCUT2D eigenvalue weighted by molar-refractivity contribution is 9.10. The number of aromatic nitrogens is 5. The summed E-state index contributed by atoms with van der Waals surface area (Å²) in [6.07, 6.45) is 1.39. The summed E-state index contributed by atoms with van der Waals surface area (Å²) in [5, 5.41) is 8.23. The second kappa shape index (κ2) is 5.89. The third-order valence-corrected chi connectivity index (χ3v) is 3.94. The Kier molecular flexibility index (Phi) is 3.58. The standard InChI is InChI=1S/C16H11BrN6O/c17-10-5-7-11(8-6-10)24-16-14(18)15(19-9-20-16)23-13-4-2-1-3-12(13)21-22-23/h1-9H,18H2. The molecule has 0 amide bonds. The number of rotatable bonds is 3. The lowest BCUT2D eigenvalue weighted by molar-refractivity contribution is 0.463. The van der Waals surface area contributed by atoms with Crippen molar-refractivity contribution in [2.45, 2.75) is 0 Å². The quantitative estimate of drug-likeness (QED) is 0.583. The fraction of sp³-hybridized carbons (Fsp3) is 0. The van der Waals surface area contributed by atoms with E-state index in [2.05, 4.69) is 36.2 Å². The van der Waals surface area contributed by atoms with Crippen molar-refractivity contribution in [1.82, 2.24) is 25.0 Å². The van der Waals surface area contributed by atoms with Crippen LogP contribution in [0.1, 0.15) is 0 Å². The molecule has 0 saturated carbocycles. The molecule has 0 aliphatic heterocycles. The van der Waals surface area contributed by atoms with Crippen LogP contribution in [0.5, 0.6) is 11.6 Å². The summed E-state index contributed by atoms with van der Waals surface area (Å²) in [6, 6.07) is 14.9. The zero-order chi connectivity index (χ0) is 16.5. The number of halogens is 1. The molecule has 118 valence electrons. The largest absolute Gasteiger partial charge is 0.437 e. The van der Waals surface area contributed by atoms with Gasteiger partial charge in [0.1, 0.15) is 23.3 Å². The van der Waals surface area contributed by atoms with Crippen LogP contribution in [0.2, 0.25) is 0 Å². The van der Waals surface area contributed by atoms with Crippen LogP contribution in [0.25, 0.3) is 16.9 Å². The summed E-state index contributed by atoms with van der Waals surface area (Å²) in [5.74, 6) is 1.31. The fourth-order valence-electron chi connectivity index (χ4n) is 2.26. The lowest BCUT2D eigenvalue weighted by atomic mass is 10.3. The number of ether oxygens (including phenoxy) is 1. The Morgan fingerprint density at radius 2 is 1.79 bits per heavy atom. The number of nitrogens with two attached hydrogens (primary N) is 1. The van der Waals surface area contributed by atoms with Crippen LogP contribution in [0.4, 0.5) is 5.69 Å². The molecule has 0 spiro atoms. The van der Waals surface area contributed by atoms with Crippen molar-refractivity contribution in [3.8, 4) is 17.4 Å². The predicted molar refractivity (Wildman–Crippen MR) is 93.1 cm³/mol. The first kappa shape index (κ1) is 14.6. The minimum Gasteiger partial charge on any atom is -0.437 e. The highest BCUT2D eigenvalue weighted by Crippen LogP contribution is 2.29. The predicted octanol–water partition coefficient (Wildman–Crippen LogP) is 3.35. The van der Waals surface area contributed by atoms with Crippen molar-refractivity contribution in [3.05, 3.63) is 59.3 Å². The second-order valence-electron chi connectivity index (χ2n) is 4.96. The van der Waals surface area contributed by atoms with Crippen molar-refractivity contribution >= 4 is 32.7 Å². The summed E-state index contributed by atoms with van der Waals surface area (Å²) in [4.78, 5) is 8.34. The van der Waals surface area contributed by atoms with Gasteiger partial charge in [0.2, 0.25) is 5.88 Å². The Hall–Kier alpha value is -3.00. The molecule has 0 atom stereocenters. The van der Waals surface area contributed by atoms with Gasteiger partial charge in [-0.2, -0.15) is 9.67 Å². The molecule has 4 rings (SSSR count). The van der Waals surface area contributed by atoms with Crippen LogP contribution < -0.4 is 10.5 Å². The number of nitrogens with zero attached hydrogens (tertiary/aromatic N) is 5. The molecule has 0 radical (unpaired) electrons. The lowest BCUT2D eigenvalue weighted by Crippen LogP contribution is -2.07.